The summed E-state index contributed by atoms with van der Waals surface area (Å²) in [5.41, 5.74) is 1.27. The van der Waals surface area contributed by atoms with Gasteiger partial charge in [0, 0.05) is 29.3 Å². The highest BCUT2D eigenvalue weighted by atomic mass is 32.2. The molecule has 1 fully saturated rings. The molecule has 3 aliphatic rings. The maximum Gasteiger partial charge on any atom is 0.419 e. The number of Topliss-reactive ketones (excluding diaryl/α,β-unsaturated/α-hetero) is 1. The standard InChI is InChI=1S/C18H15F4NOS/c19-11-4-3-9(8-10(11)18(20,21)22)15-16-12(5-6-14(16)24)23-13-2-1-7-25-17(13)15/h3-4,8,15,17H,1-2,5-7H2. The van der Waals surface area contributed by atoms with Crippen molar-refractivity contribution in [3.05, 3.63) is 46.4 Å². The highest BCUT2D eigenvalue weighted by molar-refractivity contribution is 8.00. The minimum atomic E-state index is -4.76. The van der Waals surface area contributed by atoms with Crippen molar-refractivity contribution in [2.45, 2.75) is 43.0 Å². The molecule has 0 saturated carbocycles. The van der Waals surface area contributed by atoms with Gasteiger partial charge in [0.1, 0.15) is 5.82 Å². The molecule has 1 aliphatic carbocycles. The van der Waals surface area contributed by atoms with E-state index in [4.69, 9.17) is 0 Å². The van der Waals surface area contributed by atoms with E-state index in [2.05, 4.69) is 4.99 Å². The van der Waals surface area contributed by atoms with Crippen LogP contribution in [0.5, 0.6) is 0 Å². The Morgan fingerprint density at radius 2 is 1.96 bits per heavy atom. The van der Waals surface area contributed by atoms with Gasteiger partial charge in [-0.1, -0.05) is 6.07 Å². The number of thioether (sulfide) groups is 1. The zero-order valence-corrected chi connectivity index (χ0v) is 14.0. The highest BCUT2D eigenvalue weighted by Gasteiger charge is 2.43. The number of halogens is 4. The van der Waals surface area contributed by atoms with E-state index in [1.165, 1.54) is 6.07 Å². The number of ketones is 1. The highest BCUT2D eigenvalue weighted by Crippen LogP contribution is 2.48. The number of hydrogen-bond donors (Lipinski definition) is 0. The molecule has 1 aromatic rings. The molecule has 2 nitrogen and oxygen atoms in total. The molecule has 1 aromatic carbocycles. The summed E-state index contributed by atoms with van der Waals surface area (Å²) in [5, 5.41) is -0.138. The van der Waals surface area contributed by atoms with Crippen molar-refractivity contribution in [2.24, 2.45) is 4.99 Å². The van der Waals surface area contributed by atoms with Crippen LogP contribution in [0, 0.1) is 5.82 Å². The fourth-order valence-electron chi connectivity index (χ4n) is 3.86. The topological polar surface area (TPSA) is 29.4 Å². The summed E-state index contributed by atoms with van der Waals surface area (Å²) >= 11 is 1.63. The van der Waals surface area contributed by atoms with E-state index >= 15 is 0 Å². The number of benzene rings is 1. The number of aliphatic imine (C=N–C) groups is 1. The third-order valence-corrected chi connectivity index (χ3v) is 6.38. The fourth-order valence-corrected chi connectivity index (χ4v) is 5.27. The molecule has 2 atom stereocenters. The Kier molecular flexibility index (Phi) is 4.02. The predicted molar refractivity (Wildman–Crippen MR) is 88.3 cm³/mol. The Morgan fingerprint density at radius 1 is 1.16 bits per heavy atom. The zero-order chi connectivity index (χ0) is 17.8. The SMILES string of the molecule is O=C1CCC2=C1C(c1ccc(F)c(C(F)(F)F)c1)C1SCCCC1=N2. The van der Waals surface area contributed by atoms with Crippen LogP contribution in [-0.2, 0) is 11.0 Å². The molecule has 0 spiro atoms. The van der Waals surface area contributed by atoms with Crippen LogP contribution in [0.25, 0.3) is 0 Å². The van der Waals surface area contributed by atoms with Gasteiger partial charge in [-0.25, -0.2) is 4.39 Å². The van der Waals surface area contributed by atoms with Gasteiger partial charge in [-0.15, -0.1) is 0 Å². The number of carbonyl (C=O) groups is 1. The minimum Gasteiger partial charge on any atom is -0.294 e. The summed E-state index contributed by atoms with van der Waals surface area (Å²) in [6, 6.07) is 3.11. The predicted octanol–water partition coefficient (Wildman–Crippen LogP) is 4.90. The van der Waals surface area contributed by atoms with Gasteiger partial charge in [-0.2, -0.15) is 24.9 Å². The van der Waals surface area contributed by atoms with E-state index in [1.807, 2.05) is 0 Å². The van der Waals surface area contributed by atoms with Gasteiger partial charge in [0.25, 0.3) is 0 Å². The molecule has 1 saturated heterocycles. The van der Waals surface area contributed by atoms with Crippen molar-refractivity contribution in [3.8, 4) is 0 Å². The average Bonchev–Trinajstić information content (AvgIpc) is 2.93. The maximum absolute atomic E-state index is 13.7. The van der Waals surface area contributed by atoms with E-state index < -0.39 is 23.5 Å². The van der Waals surface area contributed by atoms with Crippen molar-refractivity contribution in [1.82, 2.24) is 0 Å². The first-order chi connectivity index (χ1) is 11.9. The maximum atomic E-state index is 13.7. The fraction of sp³-hybridized carbons (Fsp3) is 0.444. The second-order valence-corrected chi connectivity index (χ2v) is 7.75. The molecule has 0 N–H and O–H groups in total. The molecule has 2 aliphatic heterocycles. The van der Waals surface area contributed by atoms with Crippen molar-refractivity contribution in [3.63, 3.8) is 0 Å². The number of rotatable bonds is 1. The molecule has 0 amide bonds. The molecule has 0 aromatic heterocycles. The first-order valence-corrected chi connectivity index (χ1v) is 9.23. The molecule has 25 heavy (non-hydrogen) atoms. The molecule has 4 rings (SSSR count). The number of nitrogens with zero attached hydrogens (tertiary/aromatic N) is 1. The third-order valence-electron chi connectivity index (χ3n) is 4.95. The van der Waals surface area contributed by atoms with E-state index in [-0.39, 0.29) is 11.0 Å². The molecule has 7 heteroatoms. The van der Waals surface area contributed by atoms with Crippen molar-refractivity contribution >= 4 is 23.3 Å². The Morgan fingerprint density at radius 3 is 2.72 bits per heavy atom. The summed E-state index contributed by atoms with van der Waals surface area (Å²) in [7, 11) is 0. The van der Waals surface area contributed by atoms with Crippen molar-refractivity contribution in [1.29, 1.82) is 0 Å². The van der Waals surface area contributed by atoms with Gasteiger partial charge >= 0.3 is 6.18 Å². The van der Waals surface area contributed by atoms with Crippen LogP contribution in [0.1, 0.15) is 42.7 Å². The largest absolute Gasteiger partial charge is 0.419 e. The number of fused-ring (bicyclic) bond motifs is 1. The van der Waals surface area contributed by atoms with Crippen molar-refractivity contribution < 1.29 is 22.4 Å². The van der Waals surface area contributed by atoms with Gasteiger partial charge in [-0.3, -0.25) is 9.79 Å². The Balaban J connectivity index is 1.85. The molecule has 132 valence electrons. The van der Waals surface area contributed by atoms with Crippen LogP contribution in [0.4, 0.5) is 17.6 Å². The van der Waals surface area contributed by atoms with Crippen LogP contribution in [0.15, 0.2) is 34.5 Å². The van der Waals surface area contributed by atoms with Crippen LogP contribution in [-0.4, -0.2) is 22.5 Å². The molecular weight excluding hydrogens is 354 g/mol. The van der Waals surface area contributed by atoms with Crippen LogP contribution >= 0.6 is 11.8 Å². The van der Waals surface area contributed by atoms with Crippen LogP contribution < -0.4 is 0 Å². The summed E-state index contributed by atoms with van der Waals surface area (Å²) in [5.74, 6) is -0.926. The van der Waals surface area contributed by atoms with Crippen LogP contribution in [0.3, 0.4) is 0 Å². The van der Waals surface area contributed by atoms with Gasteiger partial charge in [0.2, 0.25) is 0 Å². The lowest BCUT2D eigenvalue weighted by Crippen LogP contribution is -2.34. The van der Waals surface area contributed by atoms with Gasteiger partial charge in [-0.05, 0) is 42.7 Å². The first-order valence-electron chi connectivity index (χ1n) is 8.18. The smallest absolute Gasteiger partial charge is 0.294 e. The lowest BCUT2D eigenvalue weighted by molar-refractivity contribution is -0.140. The van der Waals surface area contributed by atoms with E-state index in [9.17, 15) is 22.4 Å². The molecule has 2 heterocycles. The van der Waals surface area contributed by atoms with Gasteiger partial charge in [0.15, 0.2) is 5.78 Å². The average molecular weight is 369 g/mol. The zero-order valence-electron chi connectivity index (χ0n) is 13.2. The van der Waals surface area contributed by atoms with Gasteiger partial charge < -0.3 is 0 Å². The summed E-state index contributed by atoms with van der Waals surface area (Å²) in [6.45, 7) is 0. The summed E-state index contributed by atoms with van der Waals surface area (Å²) in [4.78, 5) is 17.0. The van der Waals surface area contributed by atoms with Crippen molar-refractivity contribution in [2.75, 3.05) is 5.75 Å². The molecule has 0 radical (unpaired) electrons. The van der Waals surface area contributed by atoms with E-state index in [0.717, 1.165) is 36.4 Å². The second kappa shape index (κ2) is 5.97. The molecular formula is C18H15F4NOS. The normalized spacial score (nSPS) is 26.4. The molecule has 0 bridgehead atoms. The lowest BCUT2D eigenvalue weighted by Gasteiger charge is -2.35. The number of alkyl halides is 3. The molecule has 2 unspecified atom stereocenters. The quantitative estimate of drug-likeness (QED) is 0.659. The third kappa shape index (κ3) is 2.82. The lowest BCUT2D eigenvalue weighted by atomic mass is 9.81. The Bertz CT molecular complexity index is 812. The first kappa shape index (κ1) is 16.8. The number of hydrogen-bond acceptors (Lipinski definition) is 3. The Labute approximate surface area is 146 Å². The van der Waals surface area contributed by atoms with E-state index in [1.54, 1.807) is 11.8 Å². The van der Waals surface area contributed by atoms with Crippen LogP contribution in [0.2, 0.25) is 0 Å². The minimum absolute atomic E-state index is 0.0492. The Hall–Kier alpha value is -1.63. The number of carbonyl (C=O) groups excluding carboxylic acids is 1. The summed E-state index contributed by atoms with van der Waals surface area (Å²) in [6.07, 6.45) is -2.10. The summed E-state index contributed by atoms with van der Waals surface area (Å²) < 4.78 is 53.1. The number of allylic oxidation sites excluding steroid dienone is 2. The van der Waals surface area contributed by atoms with E-state index in [0.29, 0.717) is 29.7 Å². The monoisotopic (exact) mass is 369 g/mol. The second-order valence-electron chi connectivity index (χ2n) is 6.50. The van der Waals surface area contributed by atoms with Gasteiger partial charge in [0.05, 0.1) is 10.8 Å².